The van der Waals surface area contributed by atoms with Crippen molar-refractivity contribution in [2.75, 3.05) is 0 Å². The molecule has 1 aromatic carbocycles. The Hall–Kier alpha value is -1.94. The van der Waals surface area contributed by atoms with Crippen molar-refractivity contribution in [1.82, 2.24) is 4.98 Å². The molecule has 3 nitrogen and oxygen atoms in total. The van der Waals surface area contributed by atoms with Gasteiger partial charge in [-0.1, -0.05) is 12.1 Å². The zero-order valence-electron chi connectivity index (χ0n) is 8.43. The van der Waals surface area contributed by atoms with E-state index in [0.717, 1.165) is 0 Å². The molecule has 0 fully saturated rings. The Labute approximate surface area is 92.1 Å². The fraction of sp³-hybridized carbons (Fsp3) is 0.0833. The van der Waals surface area contributed by atoms with Gasteiger partial charge in [0.1, 0.15) is 5.75 Å². The highest BCUT2D eigenvalue weighted by atomic mass is 19.1. The molecular formula is C12H10FNO2. The molecule has 0 spiro atoms. The number of hydrogen-bond acceptors (Lipinski definition) is 3. The van der Waals surface area contributed by atoms with Crippen LogP contribution < -0.4 is 4.74 Å². The number of para-hydroxylation sites is 1. The van der Waals surface area contributed by atoms with E-state index in [9.17, 15) is 4.39 Å². The molecule has 1 N–H and O–H groups in total. The average Bonchev–Trinajstić information content (AvgIpc) is 2.33. The molecule has 0 aliphatic rings. The van der Waals surface area contributed by atoms with Crippen LogP contribution in [0.25, 0.3) is 0 Å². The van der Waals surface area contributed by atoms with Gasteiger partial charge < -0.3 is 9.84 Å². The summed E-state index contributed by atoms with van der Waals surface area (Å²) in [6, 6.07) is 7.68. The minimum absolute atomic E-state index is 0.128. The lowest BCUT2D eigenvalue weighted by atomic mass is 10.2. The normalized spacial score (nSPS) is 10.1. The highest BCUT2D eigenvalue weighted by molar-refractivity contribution is 5.35. The Bertz CT molecular complexity index is 488. The van der Waals surface area contributed by atoms with Gasteiger partial charge in [0.15, 0.2) is 11.6 Å². The van der Waals surface area contributed by atoms with E-state index in [1.165, 1.54) is 24.5 Å². The van der Waals surface area contributed by atoms with Gasteiger partial charge in [-0.05, 0) is 18.2 Å². The van der Waals surface area contributed by atoms with Crippen LogP contribution in [0.5, 0.6) is 11.5 Å². The molecule has 16 heavy (non-hydrogen) atoms. The van der Waals surface area contributed by atoms with E-state index in [-0.39, 0.29) is 12.4 Å². The highest BCUT2D eigenvalue weighted by Gasteiger charge is 2.06. The molecule has 1 heterocycles. The second-order valence-electron chi connectivity index (χ2n) is 3.17. The lowest BCUT2D eigenvalue weighted by Crippen LogP contribution is -1.94. The van der Waals surface area contributed by atoms with Gasteiger partial charge in [-0.15, -0.1) is 0 Å². The number of halogens is 1. The van der Waals surface area contributed by atoms with Gasteiger partial charge in [0.25, 0.3) is 0 Å². The fourth-order valence-electron chi connectivity index (χ4n) is 1.28. The summed E-state index contributed by atoms with van der Waals surface area (Å²) in [5.41, 5.74) is 0.519. The van der Waals surface area contributed by atoms with Crippen molar-refractivity contribution in [2.24, 2.45) is 0 Å². The maximum Gasteiger partial charge on any atom is 0.165 e. The van der Waals surface area contributed by atoms with Crippen molar-refractivity contribution < 1.29 is 14.2 Å². The summed E-state index contributed by atoms with van der Waals surface area (Å²) in [7, 11) is 0. The predicted molar refractivity (Wildman–Crippen MR) is 56.6 cm³/mol. The van der Waals surface area contributed by atoms with Crippen LogP contribution in [0.4, 0.5) is 4.39 Å². The molecule has 0 aliphatic carbocycles. The van der Waals surface area contributed by atoms with Crippen molar-refractivity contribution in [3.05, 3.63) is 54.1 Å². The molecule has 2 rings (SSSR count). The largest absolute Gasteiger partial charge is 0.454 e. The van der Waals surface area contributed by atoms with Crippen molar-refractivity contribution in [3.8, 4) is 11.5 Å². The van der Waals surface area contributed by atoms with Crippen LogP contribution in [0.2, 0.25) is 0 Å². The van der Waals surface area contributed by atoms with Gasteiger partial charge in [-0.2, -0.15) is 0 Å². The third-order valence-corrected chi connectivity index (χ3v) is 2.09. The Morgan fingerprint density at radius 1 is 1.19 bits per heavy atom. The van der Waals surface area contributed by atoms with E-state index in [0.29, 0.717) is 11.3 Å². The van der Waals surface area contributed by atoms with E-state index in [4.69, 9.17) is 9.84 Å². The molecule has 82 valence electrons. The number of rotatable bonds is 3. The van der Waals surface area contributed by atoms with E-state index >= 15 is 0 Å². The lowest BCUT2D eigenvalue weighted by Gasteiger charge is -2.09. The molecule has 0 radical (unpaired) electrons. The van der Waals surface area contributed by atoms with Crippen molar-refractivity contribution >= 4 is 0 Å². The molecule has 1 aromatic heterocycles. The average molecular weight is 219 g/mol. The quantitative estimate of drug-likeness (QED) is 0.862. The first-order valence-corrected chi connectivity index (χ1v) is 4.77. The SMILES string of the molecule is OCc1cnccc1Oc1ccccc1F. The number of aliphatic hydroxyl groups excluding tert-OH is 1. The van der Waals surface area contributed by atoms with Gasteiger partial charge in [-0.25, -0.2) is 4.39 Å². The standard InChI is InChI=1S/C12H10FNO2/c13-10-3-1-2-4-12(10)16-11-5-6-14-7-9(11)8-15/h1-7,15H,8H2. The molecule has 0 saturated heterocycles. The molecule has 0 aliphatic heterocycles. The third kappa shape index (κ3) is 2.17. The van der Waals surface area contributed by atoms with E-state index in [2.05, 4.69) is 4.98 Å². The van der Waals surface area contributed by atoms with Crippen molar-refractivity contribution in [3.63, 3.8) is 0 Å². The van der Waals surface area contributed by atoms with Crippen LogP contribution in [0.1, 0.15) is 5.56 Å². The first kappa shape index (κ1) is 10.6. The first-order chi connectivity index (χ1) is 7.81. The van der Waals surface area contributed by atoms with E-state index in [1.807, 2.05) is 0 Å². The minimum atomic E-state index is -0.441. The first-order valence-electron chi connectivity index (χ1n) is 4.77. The summed E-state index contributed by atoms with van der Waals surface area (Å²) in [5, 5.41) is 9.05. The molecule has 0 amide bonds. The number of aromatic nitrogens is 1. The second-order valence-corrected chi connectivity index (χ2v) is 3.17. The highest BCUT2D eigenvalue weighted by Crippen LogP contribution is 2.26. The number of hydrogen-bond donors (Lipinski definition) is 1. The maximum absolute atomic E-state index is 13.3. The Kier molecular flexibility index (Phi) is 3.12. The van der Waals surface area contributed by atoms with E-state index < -0.39 is 5.82 Å². The van der Waals surface area contributed by atoms with Crippen LogP contribution >= 0.6 is 0 Å². The van der Waals surface area contributed by atoms with Gasteiger partial charge >= 0.3 is 0 Å². The predicted octanol–water partition coefficient (Wildman–Crippen LogP) is 2.51. The summed E-state index contributed by atoms with van der Waals surface area (Å²) < 4.78 is 18.7. The Morgan fingerprint density at radius 2 is 2.00 bits per heavy atom. The molecule has 0 atom stereocenters. The summed E-state index contributed by atoms with van der Waals surface area (Å²) in [5.74, 6) is 0.0919. The molecular weight excluding hydrogens is 209 g/mol. The molecule has 4 heteroatoms. The summed E-state index contributed by atoms with van der Waals surface area (Å²) in [4.78, 5) is 3.85. The summed E-state index contributed by atoms with van der Waals surface area (Å²) in [6.07, 6.45) is 3.01. The zero-order chi connectivity index (χ0) is 11.4. The molecule has 0 saturated carbocycles. The van der Waals surface area contributed by atoms with Crippen LogP contribution in [0, 0.1) is 5.82 Å². The second kappa shape index (κ2) is 4.72. The van der Waals surface area contributed by atoms with Gasteiger partial charge in [-0.3, -0.25) is 4.98 Å². The number of nitrogens with zero attached hydrogens (tertiary/aromatic N) is 1. The topological polar surface area (TPSA) is 42.4 Å². The van der Waals surface area contributed by atoms with Crippen molar-refractivity contribution in [1.29, 1.82) is 0 Å². The van der Waals surface area contributed by atoms with Crippen LogP contribution in [-0.4, -0.2) is 10.1 Å². The van der Waals surface area contributed by atoms with Crippen LogP contribution in [-0.2, 0) is 6.61 Å². The molecule has 0 unspecified atom stereocenters. The number of ether oxygens (including phenoxy) is 1. The fourth-order valence-corrected chi connectivity index (χ4v) is 1.28. The van der Waals surface area contributed by atoms with Gasteiger partial charge in [0, 0.05) is 18.0 Å². The van der Waals surface area contributed by atoms with Gasteiger partial charge in [0.2, 0.25) is 0 Å². The summed E-state index contributed by atoms with van der Waals surface area (Å²) in [6.45, 7) is -0.197. The number of aliphatic hydroxyl groups is 1. The van der Waals surface area contributed by atoms with Crippen LogP contribution in [0.3, 0.4) is 0 Å². The van der Waals surface area contributed by atoms with Gasteiger partial charge in [0.05, 0.1) is 6.61 Å². The Morgan fingerprint density at radius 3 is 2.75 bits per heavy atom. The molecule has 0 bridgehead atoms. The van der Waals surface area contributed by atoms with Crippen LogP contribution in [0.15, 0.2) is 42.7 Å². The maximum atomic E-state index is 13.3. The zero-order valence-corrected chi connectivity index (χ0v) is 8.43. The monoisotopic (exact) mass is 219 g/mol. The van der Waals surface area contributed by atoms with Crippen molar-refractivity contribution in [2.45, 2.75) is 6.61 Å². The Balaban J connectivity index is 2.30. The third-order valence-electron chi connectivity index (χ3n) is 2.09. The lowest BCUT2D eigenvalue weighted by molar-refractivity contribution is 0.275. The number of pyridine rings is 1. The van der Waals surface area contributed by atoms with E-state index in [1.54, 1.807) is 18.2 Å². The number of benzene rings is 1. The smallest absolute Gasteiger partial charge is 0.165 e. The molecule has 2 aromatic rings. The minimum Gasteiger partial charge on any atom is -0.454 e. The summed E-state index contributed by atoms with van der Waals surface area (Å²) >= 11 is 0.